The van der Waals surface area contributed by atoms with Crippen molar-refractivity contribution < 1.29 is 14.6 Å². The number of ether oxygens (including phenoxy) is 1. The Morgan fingerprint density at radius 1 is 1.19 bits per heavy atom. The molecule has 0 unspecified atom stereocenters. The van der Waals surface area contributed by atoms with Crippen molar-refractivity contribution in [3.8, 4) is 5.75 Å². The van der Waals surface area contributed by atoms with E-state index in [9.17, 15) is 4.79 Å². The van der Waals surface area contributed by atoms with Crippen LogP contribution in [-0.2, 0) is 17.6 Å². The van der Waals surface area contributed by atoms with Gasteiger partial charge in [0.15, 0.2) is 0 Å². The standard InChI is InChI=1S/C17H19NO3/c1-21-16-8-7-13(11-15(18)17(19)20)10-14(16)9-12-5-3-2-4-6-12/h2-8,10,15H,9,11,18H2,1H3,(H,19,20)/t15-/m0/s1. The molecule has 4 nitrogen and oxygen atoms in total. The van der Waals surface area contributed by atoms with Crippen LogP contribution in [0.2, 0.25) is 0 Å². The molecular formula is C17H19NO3. The number of methoxy groups -OCH3 is 1. The van der Waals surface area contributed by atoms with Gasteiger partial charge in [-0.2, -0.15) is 0 Å². The van der Waals surface area contributed by atoms with Crippen LogP contribution < -0.4 is 10.5 Å². The first kappa shape index (κ1) is 15.1. The Balaban J connectivity index is 2.24. The monoisotopic (exact) mass is 285 g/mol. The highest BCUT2D eigenvalue weighted by atomic mass is 16.5. The Hall–Kier alpha value is -2.33. The number of carbonyl (C=O) groups is 1. The summed E-state index contributed by atoms with van der Waals surface area (Å²) in [5.74, 6) is -0.193. The normalized spacial score (nSPS) is 11.9. The number of rotatable bonds is 6. The fourth-order valence-corrected chi connectivity index (χ4v) is 2.25. The highest BCUT2D eigenvalue weighted by molar-refractivity contribution is 5.73. The quantitative estimate of drug-likeness (QED) is 0.853. The van der Waals surface area contributed by atoms with Crippen molar-refractivity contribution in [2.75, 3.05) is 7.11 Å². The molecule has 0 aromatic heterocycles. The van der Waals surface area contributed by atoms with E-state index >= 15 is 0 Å². The summed E-state index contributed by atoms with van der Waals surface area (Å²) in [4.78, 5) is 10.9. The van der Waals surface area contributed by atoms with Crippen LogP contribution in [0.4, 0.5) is 0 Å². The van der Waals surface area contributed by atoms with E-state index in [1.165, 1.54) is 5.56 Å². The van der Waals surface area contributed by atoms with Gasteiger partial charge >= 0.3 is 5.97 Å². The van der Waals surface area contributed by atoms with Gasteiger partial charge in [0, 0.05) is 6.42 Å². The molecule has 2 aromatic carbocycles. The van der Waals surface area contributed by atoms with Gasteiger partial charge in [0.25, 0.3) is 0 Å². The molecule has 0 radical (unpaired) electrons. The second kappa shape index (κ2) is 6.90. The van der Waals surface area contributed by atoms with E-state index in [4.69, 9.17) is 15.6 Å². The summed E-state index contributed by atoms with van der Waals surface area (Å²) in [7, 11) is 1.63. The lowest BCUT2D eigenvalue weighted by molar-refractivity contribution is -0.138. The molecule has 0 aliphatic heterocycles. The summed E-state index contributed by atoms with van der Waals surface area (Å²) in [6, 6.07) is 14.9. The molecule has 0 fully saturated rings. The predicted molar refractivity (Wildman–Crippen MR) is 81.6 cm³/mol. The molecule has 3 N–H and O–H groups in total. The molecule has 0 aliphatic rings. The first-order valence-corrected chi connectivity index (χ1v) is 6.78. The van der Waals surface area contributed by atoms with E-state index in [0.717, 1.165) is 23.3 Å². The maximum Gasteiger partial charge on any atom is 0.320 e. The van der Waals surface area contributed by atoms with Gasteiger partial charge in [-0.25, -0.2) is 0 Å². The maximum absolute atomic E-state index is 10.9. The number of carboxylic acid groups (broad SMARTS) is 1. The smallest absolute Gasteiger partial charge is 0.320 e. The topological polar surface area (TPSA) is 72.5 Å². The molecular weight excluding hydrogens is 266 g/mol. The molecule has 0 bridgehead atoms. The molecule has 0 amide bonds. The van der Waals surface area contributed by atoms with Crippen LogP contribution in [0.3, 0.4) is 0 Å². The number of hydrogen-bond acceptors (Lipinski definition) is 3. The molecule has 0 saturated heterocycles. The minimum absolute atomic E-state index is 0.307. The highest BCUT2D eigenvalue weighted by Crippen LogP contribution is 2.23. The van der Waals surface area contributed by atoms with Gasteiger partial charge in [0.2, 0.25) is 0 Å². The molecule has 2 aromatic rings. The molecule has 0 saturated carbocycles. The van der Waals surface area contributed by atoms with Crippen LogP contribution in [0, 0.1) is 0 Å². The number of benzene rings is 2. The third-order valence-electron chi connectivity index (χ3n) is 3.36. The summed E-state index contributed by atoms with van der Waals surface area (Å²) in [5.41, 5.74) is 8.69. The molecule has 0 spiro atoms. The first-order valence-electron chi connectivity index (χ1n) is 6.78. The van der Waals surface area contributed by atoms with Crippen LogP contribution in [0.5, 0.6) is 5.75 Å². The molecule has 0 aliphatic carbocycles. The minimum Gasteiger partial charge on any atom is -0.496 e. The van der Waals surface area contributed by atoms with Crippen molar-refractivity contribution in [1.82, 2.24) is 0 Å². The van der Waals surface area contributed by atoms with Crippen molar-refractivity contribution in [2.45, 2.75) is 18.9 Å². The number of hydrogen-bond donors (Lipinski definition) is 2. The van der Waals surface area contributed by atoms with Gasteiger partial charge in [-0.05, 0) is 29.2 Å². The van der Waals surface area contributed by atoms with Gasteiger partial charge in [-0.15, -0.1) is 0 Å². The number of carboxylic acids is 1. The molecule has 110 valence electrons. The third-order valence-corrected chi connectivity index (χ3v) is 3.36. The van der Waals surface area contributed by atoms with Crippen molar-refractivity contribution in [1.29, 1.82) is 0 Å². The molecule has 1 atom stereocenters. The van der Waals surface area contributed by atoms with Crippen LogP contribution in [0.1, 0.15) is 16.7 Å². The highest BCUT2D eigenvalue weighted by Gasteiger charge is 2.13. The zero-order valence-corrected chi connectivity index (χ0v) is 12.0. The van der Waals surface area contributed by atoms with Crippen molar-refractivity contribution >= 4 is 5.97 Å². The van der Waals surface area contributed by atoms with Crippen LogP contribution in [0.25, 0.3) is 0 Å². The minimum atomic E-state index is -0.990. The number of aliphatic carboxylic acids is 1. The molecule has 4 heteroatoms. The maximum atomic E-state index is 10.9. The van der Waals surface area contributed by atoms with Crippen molar-refractivity contribution in [3.05, 3.63) is 65.2 Å². The fraction of sp³-hybridized carbons (Fsp3) is 0.235. The Bertz CT molecular complexity index is 611. The second-order valence-electron chi connectivity index (χ2n) is 4.96. The number of nitrogens with two attached hydrogens (primary N) is 1. The van der Waals surface area contributed by atoms with Gasteiger partial charge in [0.05, 0.1) is 7.11 Å². The fourth-order valence-electron chi connectivity index (χ4n) is 2.25. The van der Waals surface area contributed by atoms with E-state index in [1.54, 1.807) is 7.11 Å². The van der Waals surface area contributed by atoms with Crippen LogP contribution in [-0.4, -0.2) is 24.2 Å². The SMILES string of the molecule is COc1ccc(C[C@H](N)C(=O)O)cc1Cc1ccccc1. The summed E-state index contributed by atoms with van der Waals surface area (Å²) in [5, 5.41) is 8.90. The first-order chi connectivity index (χ1) is 10.1. The van der Waals surface area contributed by atoms with Crippen LogP contribution in [0.15, 0.2) is 48.5 Å². The lowest BCUT2D eigenvalue weighted by atomic mass is 9.99. The van der Waals surface area contributed by atoms with E-state index in [1.807, 2.05) is 36.4 Å². The average molecular weight is 285 g/mol. The zero-order valence-electron chi connectivity index (χ0n) is 12.0. The van der Waals surface area contributed by atoms with E-state index < -0.39 is 12.0 Å². The lowest BCUT2D eigenvalue weighted by Gasteiger charge is -2.12. The van der Waals surface area contributed by atoms with Crippen molar-refractivity contribution in [3.63, 3.8) is 0 Å². The molecule has 2 rings (SSSR count). The van der Waals surface area contributed by atoms with Gasteiger partial charge in [0.1, 0.15) is 11.8 Å². The van der Waals surface area contributed by atoms with E-state index in [-0.39, 0.29) is 0 Å². The zero-order chi connectivity index (χ0) is 15.2. The summed E-state index contributed by atoms with van der Waals surface area (Å²) in [6.07, 6.45) is 1.04. The lowest BCUT2D eigenvalue weighted by Crippen LogP contribution is -2.32. The van der Waals surface area contributed by atoms with Crippen LogP contribution >= 0.6 is 0 Å². The van der Waals surface area contributed by atoms with Gasteiger partial charge in [-0.3, -0.25) is 4.79 Å². The second-order valence-corrected chi connectivity index (χ2v) is 4.96. The average Bonchev–Trinajstić information content (AvgIpc) is 2.48. The summed E-state index contributed by atoms with van der Waals surface area (Å²) >= 11 is 0. The Morgan fingerprint density at radius 2 is 1.90 bits per heavy atom. The van der Waals surface area contributed by atoms with E-state index in [2.05, 4.69) is 12.1 Å². The Morgan fingerprint density at radius 3 is 2.52 bits per heavy atom. The van der Waals surface area contributed by atoms with Crippen molar-refractivity contribution in [2.24, 2.45) is 5.73 Å². The third kappa shape index (κ3) is 4.07. The summed E-state index contributed by atoms with van der Waals surface area (Å²) < 4.78 is 5.38. The largest absolute Gasteiger partial charge is 0.496 e. The van der Waals surface area contributed by atoms with Gasteiger partial charge in [-0.1, -0.05) is 42.5 Å². The molecule has 0 heterocycles. The van der Waals surface area contributed by atoms with E-state index in [0.29, 0.717) is 6.42 Å². The summed E-state index contributed by atoms with van der Waals surface area (Å²) in [6.45, 7) is 0. The Kier molecular flexibility index (Phi) is 4.95. The predicted octanol–water partition coefficient (Wildman–Crippen LogP) is 2.24. The Labute approximate surface area is 124 Å². The van der Waals surface area contributed by atoms with Gasteiger partial charge < -0.3 is 15.6 Å². The molecule has 21 heavy (non-hydrogen) atoms.